The summed E-state index contributed by atoms with van der Waals surface area (Å²) in [7, 11) is -3.45. The highest BCUT2D eigenvalue weighted by molar-refractivity contribution is 7.89. The Hall–Kier alpha value is -2.18. The van der Waals surface area contributed by atoms with Crippen molar-refractivity contribution in [3.63, 3.8) is 0 Å². The molecule has 6 heteroatoms. The fraction of sp³-hybridized carbons (Fsp3) is 0.381. The van der Waals surface area contributed by atoms with Gasteiger partial charge in [0.1, 0.15) is 0 Å². The maximum atomic E-state index is 12.8. The number of aryl methyl sites for hydroxylation is 1. The van der Waals surface area contributed by atoms with E-state index in [4.69, 9.17) is 0 Å². The standard InChI is InChI=1S/C21H26N2O3S/c24-21(13-12-18-8-3-1-4-9-18)22-17-19-10-7-11-20(16-19)27(25,26)23-14-5-2-6-15-23/h1,3-4,7-11,16H,2,5-6,12-15,17H2,(H,22,24). The summed E-state index contributed by atoms with van der Waals surface area (Å²) in [4.78, 5) is 12.4. The van der Waals surface area contributed by atoms with Crippen LogP contribution in [-0.2, 0) is 27.8 Å². The minimum Gasteiger partial charge on any atom is -0.352 e. The van der Waals surface area contributed by atoms with E-state index in [1.54, 1.807) is 22.5 Å². The van der Waals surface area contributed by atoms with E-state index in [0.29, 0.717) is 37.4 Å². The molecule has 0 bridgehead atoms. The molecular weight excluding hydrogens is 360 g/mol. The van der Waals surface area contributed by atoms with Gasteiger partial charge in [0.25, 0.3) is 0 Å². The van der Waals surface area contributed by atoms with E-state index < -0.39 is 10.0 Å². The zero-order valence-electron chi connectivity index (χ0n) is 15.4. The quantitative estimate of drug-likeness (QED) is 0.795. The Balaban J connectivity index is 1.56. The summed E-state index contributed by atoms with van der Waals surface area (Å²) in [6.45, 7) is 1.50. The normalized spacial score (nSPS) is 15.4. The number of benzene rings is 2. The second kappa shape index (κ2) is 9.15. The van der Waals surface area contributed by atoms with E-state index in [0.717, 1.165) is 30.4 Å². The molecule has 2 aromatic rings. The van der Waals surface area contributed by atoms with Crippen LogP contribution in [0.2, 0.25) is 0 Å². The predicted molar refractivity (Wildman–Crippen MR) is 106 cm³/mol. The van der Waals surface area contributed by atoms with Gasteiger partial charge in [-0.15, -0.1) is 0 Å². The van der Waals surface area contributed by atoms with Crippen molar-refractivity contribution in [2.45, 2.75) is 43.5 Å². The topological polar surface area (TPSA) is 66.5 Å². The van der Waals surface area contributed by atoms with Crippen LogP contribution in [0, 0.1) is 0 Å². The van der Waals surface area contributed by atoms with E-state index in [1.165, 1.54) is 0 Å². The van der Waals surface area contributed by atoms with Crippen LogP contribution in [0.3, 0.4) is 0 Å². The predicted octanol–water partition coefficient (Wildman–Crippen LogP) is 3.11. The third-order valence-corrected chi connectivity index (χ3v) is 6.72. The Kier molecular flexibility index (Phi) is 6.63. The molecule has 27 heavy (non-hydrogen) atoms. The number of carbonyl (C=O) groups is 1. The van der Waals surface area contributed by atoms with Crippen molar-refractivity contribution in [1.29, 1.82) is 0 Å². The van der Waals surface area contributed by atoms with Gasteiger partial charge in [0.2, 0.25) is 15.9 Å². The number of nitrogens with one attached hydrogen (secondary N) is 1. The van der Waals surface area contributed by atoms with Gasteiger partial charge in [0.05, 0.1) is 4.90 Å². The Morgan fingerprint density at radius 1 is 0.926 bits per heavy atom. The fourth-order valence-electron chi connectivity index (χ4n) is 3.26. The van der Waals surface area contributed by atoms with Crippen molar-refractivity contribution in [2.24, 2.45) is 0 Å². The highest BCUT2D eigenvalue weighted by atomic mass is 32.2. The molecule has 0 saturated carbocycles. The highest BCUT2D eigenvalue weighted by Crippen LogP contribution is 2.21. The van der Waals surface area contributed by atoms with Gasteiger partial charge in [-0.2, -0.15) is 4.31 Å². The molecule has 1 aliphatic rings. The Morgan fingerprint density at radius 3 is 2.37 bits per heavy atom. The monoisotopic (exact) mass is 386 g/mol. The second-order valence-corrected chi connectivity index (χ2v) is 8.81. The van der Waals surface area contributed by atoms with Crippen molar-refractivity contribution in [1.82, 2.24) is 9.62 Å². The van der Waals surface area contributed by atoms with Crippen molar-refractivity contribution in [3.05, 3.63) is 65.7 Å². The summed E-state index contributed by atoms with van der Waals surface area (Å²) in [6.07, 6.45) is 4.01. The second-order valence-electron chi connectivity index (χ2n) is 6.87. The first kappa shape index (κ1) is 19.6. The molecule has 0 atom stereocenters. The van der Waals surface area contributed by atoms with Crippen molar-refractivity contribution >= 4 is 15.9 Å². The molecule has 1 N–H and O–H groups in total. The van der Waals surface area contributed by atoms with Crippen molar-refractivity contribution in [2.75, 3.05) is 13.1 Å². The molecule has 144 valence electrons. The van der Waals surface area contributed by atoms with Crippen LogP contribution >= 0.6 is 0 Å². The molecule has 0 aromatic heterocycles. The van der Waals surface area contributed by atoms with Crippen LogP contribution in [0.4, 0.5) is 0 Å². The molecule has 5 nitrogen and oxygen atoms in total. The highest BCUT2D eigenvalue weighted by Gasteiger charge is 2.25. The number of amides is 1. The molecule has 0 unspecified atom stereocenters. The lowest BCUT2D eigenvalue weighted by molar-refractivity contribution is -0.121. The Labute approximate surface area is 161 Å². The molecule has 1 saturated heterocycles. The summed E-state index contributed by atoms with van der Waals surface area (Å²) < 4.78 is 27.1. The smallest absolute Gasteiger partial charge is 0.243 e. The zero-order chi connectivity index (χ0) is 19.1. The summed E-state index contributed by atoms with van der Waals surface area (Å²) >= 11 is 0. The molecule has 3 rings (SSSR count). The lowest BCUT2D eigenvalue weighted by atomic mass is 10.1. The minimum absolute atomic E-state index is 0.0388. The van der Waals surface area contributed by atoms with Gasteiger partial charge in [0, 0.05) is 26.1 Å². The summed E-state index contributed by atoms with van der Waals surface area (Å²) in [5, 5.41) is 2.88. The van der Waals surface area contributed by atoms with Crippen molar-refractivity contribution in [3.8, 4) is 0 Å². The van der Waals surface area contributed by atoms with E-state index in [2.05, 4.69) is 5.32 Å². The maximum absolute atomic E-state index is 12.8. The molecule has 0 spiro atoms. The van der Waals surface area contributed by atoms with Gasteiger partial charge in [-0.05, 0) is 42.5 Å². The van der Waals surface area contributed by atoms with Gasteiger partial charge >= 0.3 is 0 Å². The summed E-state index contributed by atoms with van der Waals surface area (Å²) in [6, 6.07) is 16.8. The molecule has 1 amide bonds. The van der Waals surface area contributed by atoms with Crippen LogP contribution in [0.5, 0.6) is 0 Å². The number of nitrogens with zero attached hydrogens (tertiary/aromatic N) is 1. The molecule has 0 aliphatic carbocycles. The minimum atomic E-state index is -3.45. The van der Waals surface area contributed by atoms with Gasteiger partial charge in [-0.25, -0.2) is 8.42 Å². The molecule has 1 aliphatic heterocycles. The number of sulfonamides is 1. The largest absolute Gasteiger partial charge is 0.352 e. The van der Waals surface area contributed by atoms with Crippen LogP contribution in [0.15, 0.2) is 59.5 Å². The third-order valence-electron chi connectivity index (χ3n) is 4.82. The van der Waals surface area contributed by atoms with Gasteiger partial charge in [0.15, 0.2) is 0 Å². The number of carbonyl (C=O) groups excluding carboxylic acids is 1. The fourth-order valence-corrected chi connectivity index (χ4v) is 4.85. The Bertz CT molecular complexity index is 860. The zero-order valence-corrected chi connectivity index (χ0v) is 16.2. The van der Waals surface area contributed by atoms with Crippen LogP contribution in [0.1, 0.15) is 36.8 Å². The molecular formula is C21H26N2O3S. The average molecular weight is 387 g/mol. The van der Waals surface area contributed by atoms with Crippen LogP contribution in [0.25, 0.3) is 0 Å². The van der Waals surface area contributed by atoms with Gasteiger partial charge in [-0.1, -0.05) is 48.9 Å². The van der Waals surface area contributed by atoms with Crippen LogP contribution < -0.4 is 5.32 Å². The summed E-state index contributed by atoms with van der Waals surface area (Å²) in [5.74, 6) is -0.0388. The number of hydrogen-bond donors (Lipinski definition) is 1. The first-order valence-corrected chi connectivity index (χ1v) is 10.9. The number of rotatable bonds is 7. The average Bonchev–Trinajstić information content (AvgIpc) is 2.72. The molecule has 1 heterocycles. The first-order valence-electron chi connectivity index (χ1n) is 9.45. The van der Waals surface area contributed by atoms with E-state index in [-0.39, 0.29) is 5.91 Å². The van der Waals surface area contributed by atoms with E-state index in [1.807, 2.05) is 36.4 Å². The molecule has 0 radical (unpaired) electrons. The SMILES string of the molecule is O=C(CCc1ccccc1)NCc1cccc(S(=O)(=O)N2CCCCC2)c1. The van der Waals surface area contributed by atoms with Gasteiger partial charge in [-0.3, -0.25) is 4.79 Å². The first-order chi connectivity index (χ1) is 13.1. The van der Waals surface area contributed by atoms with E-state index in [9.17, 15) is 13.2 Å². The van der Waals surface area contributed by atoms with E-state index >= 15 is 0 Å². The van der Waals surface area contributed by atoms with Crippen molar-refractivity contribution < 1.29 is 13.2 Å². The number of hydrogen-bond acceptors (Lipinski definition) is 3. The lowest BCUT2D eigenvalue weighted by Gasteiger charge is -2.26. The van der Waals surface area contributed by atoms with Crippen LogP contribution in [-0.4, -0.2) is 31.7 Å². The maximum Gasteiger partial charge on any atom is 0.243 e. The lowest BCUT2D eigenvalue weighted by Crippen LogP contribution is -2.35. The molecule has 1 fully saturated rings. The summed E-state index contributed by atoms with van der Waals surface area (Å²) in [5.41, 5.74) is 1.92. The number of piperidine rings is 1. The third kappa shape index (κ3) is 5.40. The Morgan fingerprint density at radius 2 is 1.63 bits per heavy atom. The molecule has 2 aromatic carbocycles. The van der Waals surface area contributed by atoms with Gasteiger partial charge < -0.3 is 5.32 Å².